The minimum absolute atomic E-state index is 0.198. The van der Waals surface area contributed by atoms with Gasteiger partial charge in [0, 0.05) is 18.9 Å². The molecule has 0 unspecified atom stereocenters. The van der Waals surface area contributed by atoms with Crippen molar-refractivity contribution in [1.82, 2.24) is 15.3 Å². The number of pyridine rings is 2. The van der Waals surface area contributed by atoms with Gasteiger partial charge in [0.1, 0.15) is 11.3 Å². The molecule has 1 N–H and O–H groups in total. The van der Waals surface area contributed by atoms with Gasteiger partial charge in [0.15, 0.2) is 0 Å². The summed E-state index contributed by atoms with van der Waals surface area (Å²) in [5.41, 5.74) is 1.61. The molecule has 0 saturated heterocycles. The van der Waals surface area contributed by atoms with Gasteiger partial charge in [-0.3, -0.25) is 9.78 Å². The van der Waals surface area contributed by atoms with E-state index in [1.54, 1.807) is 67.1 Å². The molecular weight excluding hydrogens is 346 g/mol. The molecular formula is C20H17N3O4. The molecule has 3 rings (SSSR count). The van der Waals surface area contributed by atoms with Crippen LogP contribution in [0, 0.1) is 0 Å². The van der Waals surface area contributed by atoms with Crippen molar-refractivity contribution >= 4 is 11.9 Å². The normalized spacial score (nSPS) is 10.1. The molecule has 7 heteroatoms. The lowest BCUT2D eigenvalue weighted by Crippen LogP contribution is -2.23. The van der Waals surface area contributed by atoms with Gasteiger partial charge in [0.2, 0.25) is 5.88 Å². The Morgan fingerprint density at radius 3 is 2.52 bits per heavy atom. The smallest absolute Gasteiger partial charge is 0.337 e. The van der Waals surface area contributed by atoms with Crippen molar-refractivity contribution in [2.45, 2.75) is 6.54 Å². The lowest BCUT2D eigenvalue weighted by molar-refractivity contribution is 0.0600. The molecule has 27 heavy (non-hydrogen) atoms. The first-order valence-corrected chi connectivity index (χ1v) is 8.15. The Bertz CT molecular complexity index is 927. The van der Waals surface area contributed by atoms with Crippen LogP contribution in [0.25, 0.3) is 0 Å². The van der Waals surface area contributed by atoms with E-state index in [2.05, 4.69) is 20.0 Å². The highest BCUT2D eigenvalue weighted by molar-refractivity contribution is 5.96. The average Bonchev–Trinajstić information content (AvgIpc) is 2.73. The number of nitrogens with zero attached hydrogens (tertiary/aromatic N) is 2. The fourth-order valence-electron chi connectivity index (χ4n) is 2.32. The Kier molecular flexibility index (Phi) is 5.73. The van der Waals surface area contributed by atoms with Crippen LogP contribution < -0.4 is 10.1 Å². The number of amides is 1. The van der Waals surface area contributed by atoms with Crippen molar-refractivity contribution in [3.8, 4) is 11.6 Å². The van der Waals surface area contributed by atoms with Crippen LogP contribution in [0.4, 0.5) is 0 Å². The number of carbonyl (C=O) groups is 2. The van der Waals surface area contributed by atoms with Crippen molar-refractivity contribution in [2.75, 3.05) is 7.11 Å². The van der Waals surface area contributed by atoms with E-state index in [1.807, 2.05) is 0 Å². The first-order valence-electron chi connectivity index (χ1n) is 8.15. The topological polar surface area (TPSA) is 90.4 Å². The van der Waals surface area contributed by atoms with E-state index in [1.165, 1.54) is 7.11 Å². The van der Waals surface area contributed by atoms with E-state index in [-0.39, 0.29) is 11.8 Å². The molecule has 3 aromatic rings. The largest absolute Gasteiger partial charge is 0.465 e. The van der Waals surface area contributed by atoms with Gasteiger partial charge in [-0.05, 0) is 42.0 Å². The zero-order chi connectivity index (χ0) is 19.1. The van der Waals surface area contributed by atoms with Crippen LogP contribution >= 0.6 is 0 Å². The predicted octanol–water partition coefficient (Wildman–Crippen LogP) is 2.99. The molecule has 0 spiro atoms. The summed E-state index contributed by atoms with van der Waals surface area (Å²) in [6.07, 6.45) is 4.72. The summed E-state index contributed by atoms with van der Waals surface area (Å²) in [7, 11) is 1.33. The van der Waals surface area contributed by atoms with Crippen LogP contribution in [-0.4, -0.2) is 29.0 Å². The van der Waals surface area contributed by atoms with E-state index in [0.717, 1.165) is 5.56 Å². The quantitative estimate of drug-likeness (QED) is 0.677. The first kappa shape index (κ1) is 18.1. The molecule has 0 bridgehead atoms. The third-order valence-electron chi connectivity index (χ3n) is 3.69. The highest BCUT2D eigenvalue weighted by Crippen LogP contribution is 2.21. The van der Waals surface area contributed by atoms with Crippen LogP contribution in [-0.2, 0) is 11.3 Å². The summed E-state index contributed by atoms with van der Waals surface area (Å²) in [5, 5.41) is 2.81. The number of carbonyl (C=O) groups excluding carboxylic acids is 2. The minimum Gasteiger partial charge on any atom is -0.465 e. The highest BCUT2D eigenvalue weighted by atomic mass is 16.5. The lowest BCUT2D eigenvalue weighted by Gasteiger charge is -2.10. The first-order chi connectivity index (χ1) is 13.2. The molecule has 0 aliphatic heterocycles. The zero-order valence-electron chi connectivity index (χ0n) is 14.6. The number of nitrogens with one attached hydrogen (secondary N) is 1. The summed E-state index contributed by atoms with van der Waals surface area (Å²) in [4.78, 5) is 32.1. The molecule has 0 atom stereocenters. The van der Waals surface area contributed by atoms with Crippen molar-refractivity contribution in [2.24, 2.45) is 0 Å². The molecule has 1 amide bonds. The molecule has 0 fully saturated rings. The van der Waals surface area contributed by atoms with Gasteiger partial charge in [0.25, 0.3) is 5.91 Å². The summed E-state index contributed by atoms with van der Waals surface area (Å²) in [6.45, 7) is 0.293. The Labute approximate surface area is 156 Å². The van der Waals surface area contributed by atoms with Crippen molar-refractivity contribution in [3.63, 3.8) is 0 Å². The monoisotopic (exact) mass is 363 g/mol. The Morgan fingerprint density at radius 1 is 1.04 bits per heavy atom. The number of benzene rings is 1. The Balaban J connectivity index is 1.67. The number of ether oxygens (including phenoxy) is 2. The average molecular weight is 363 g/mol. The van der Waals surface area contributed by atoms with Gasteiger partial charge in [-0.2, -0.15) is 0 Å². The molecule has 2 aromatic heterocycles. The van der Waals surface area contributed by atoms with Crippen LogP contribution in [0.15, 0.2) is 67.1 Å². The van der Waals surface area contributed by atoms with Crippen LogP contribution in [0.3, 0.4) is 0 Å². The molecule has 1 aromatic carbocycles. The van der Waals surface area contributed by atoms with E-state index in [4.69, 9.17) is 4.74 Å². The molecule has 7 nitrogen and oxygen atoms in total. The summed E-state index contributed by atoms with van der Waals surface area (Å²) in [5.74, 6) is -0.0372. The number of rotatable bonds is 6. The number of esters is 1. The molecule has 0 aliphatic carbocycles. The van der Waals surface area contributed by atoms with E-state index >= 15 is 0 Å². The molecule has 0 radical (unpaired) electrons. The maximum Gasteiger partial charge on any atom is 0.337 e. The maximum absolute atomic E-state index is 12.5. The summed E-state index contributed by atoms with van der Waals surface area (Å²) >= 11 is 0. The molecule has 136 valence electrons. The number of hydrogen-bond acceptors (Lipinski definition) is 6. The van der Waals surface area contributed by atoms with Crippen molar-refractivity contribution < 1.29 is 19.1 Å². The SMILES string of the molecule is COC(=O)c1ccc(CNC(=O)c2cccnc2Oc2cccnc2)cc1. The molecule has 0 aliphatic rings. The van der Waals surface area contributed by atoms with E-state index in [9.17, 15) is 9.59 Å². The summed E-state index contributed by atoms with van der Waals surface area (Å²) in [6, 6.07) is 13.6. The van der Waals surface area contributed by atoms with Crippen LogP contribution in [0.2, 0.25) is 0 Å². The van der Waals surface area contributed by atoms with Gasteiger partial charge in [0.05, 0.1) is 18.9 Å². The van der Waals surface area contributed by atoms with Gasteiger partial charge in [-0.15, -0.1) is 0 Å². The van der Waals surface area contributed by atoms with Gasteiger partial charge >= 0.3 is 5.97 Å². The lowest BCUT2D eigenvalue weighted by atomic mass is 10.1. The van der Waals surface area contributed by atoms with Crippen molar-refractivity contribution in [3.05, 3.63) is 83.8 Å². The summed E-state index contributed by atoms with van der Waals surface area (Å²) < 4.78 is 10.3. The van der Waals surface area contributed by atoms with E-state index < -0.39 is 5.97 Å². The second kappa shape index (κ2) is 8.57. The second-order valence-electron chi connectivity index (χ2n) is 5.52. The highest BCUT2D eigenvalue weighted by Gasteiger charge is 2.14. The minimum atomic E-state index is -0.405. The van der Waals surface area contributed by atoms with Crippen LogP contribution in [0.1, 0.15) is 26.3 Å². The van der Waals surface area contributed by atoms with Gasteiger partial charge in [-0.25, -0.2) is 9.78 Å². The molecule has 2 heterocycles. The number of hydrogen-bond donors (Lipinski definition) is 1. The third kappa shape index (κ3) is 4.66. The van der Waals surface area contributed by atoms with Gasteiger partial charge in [-0.1, -0.05) is 12.1 Å². The third-order valence-corrected chi connectivity index (χ3v) is 3.69. The van der Waals surface area contributed by atoms with Crippen LogP contribution in [0.5, 0.6) is 11.6 Å². The second-order valence-corrected chi connectivity index (χ2v) is 5.52. The fraction of sp³-hybridized carbons (Fsp3) is 0.100. The number of methoxy groups -OCH3 is 1. The standard InChI is InChI=1S/C20H17N3O4/c1-26-20(25)15-8-6-14(7-9-15)12-23-18(24)17-5-3-11-22-19(17)27-16-4-2-10-21-13-16/h2-11,13H,12H2,1H3,(H,23,24). The zero-order valence-corrected chi connectivity index (χ0v) is 14.6. The van der Waals surface area contributed by atoms with Crippen molar-refractivity contribution in [1.29, 1.82) is 0 Å². The van der Waals surface area contributed by atoms with Gasteiger partial charge < -0.3 is 14.8 Å². The molecule has 0 saturated carbocycles. The number of aromatic nitrogens is 2. The Hall–Kier alpha value is -3.74. The van der Waals surface area contributed by atoms with E-state index in [0.29, 0.717) is 23.4 Å². The Morgan fingerprint density at radius 2 is 1.81 bits per heavy atom. The maximum atomic E-state index is 12.5. The fourth-order valence-corrected chi connectivity index (χ4v) is 2.32. The predicted molar refractivity (Wildman–Crippen MR) is 97.5 cm³/mol.